The molecular weight excluding hydrogens is 396 g/mol. The van der Waals surface area contributed by atoms with E-state index in [1.165, 1.54) is 35.6 Å². The van der Waals surface area contributed by atoms with Crippen molar-refractivity contribution in [1.29, 1.82) is 0 Å². The van der Waals surface area contributed by atoms with Crippen LogP contribution < -0.4 is 9.62 Å². The Labute approximate surface area is 175 Å². The van der Waals surface area contributed by atoms with E-state index in [2.05, 4.69) is 5.32 Å². The second-order valence-corrected chi connectivity index (χ2v) is 8.82. The molecule has 0 bridgehead atoms. The predicted octanol–water partition coefficient (Wildman–Crippen LogP) is 4.92. The second kappa shape index (κ2) is 8.00. The monoisotopic (exact) mass is 416 g/mol. The molecule has 6 heteroatoms. The minimum absolute atomic E-state index is 0.121. The van der Waals surface area contributed by atoms with Crippen LogP contribution in [0.1, 0.15) is 10.4 Å². The normalized spacial score (nSPS) is 11.2. The number of nitrogens with one attached hydrogen (secondary N) is 1. The van der Waals surface area contributed by atoms with Crippen LogP contribution in [0.3, 0.4) is 0 Å². The Morgan fingerprint density at radius 1 is 0.767 bits per heavy atom. The molecule has 150 valence electrons. The van der Waals surface area contributed by atoms with Gasteiger partial charge in [-0.3, -0.25) is 9.10 Å². The third-order valence-electron chi connectivity index (χ3n) is 4.90. The molecule has 0 spiro atoms. The van der Waals surface area contributed by atoms with E-state index in [-0.39, 0.29) is 10.8 Å². The van der Waals surface area contributed by atoms with Crippen LogP contribution >= 0.6 is 0 Å². The lowest BCUT2D eigenvalue weighted by Gasteiger charge is -2.19. The number of benzene rings is 4. The molecule has 0 atom stereocenters. The van der Waals surface area contributed by atoms with Gasteiger partial charge in [-0.1, -0.05) is 48.5 Å². The topological polar surface area (TPSA) is 66.5 Å². The molecule has 0 aliphatic heterocycles. The van der Waals surface area contributed by atoms with Crippen molar-refractivity contribution < 1.29 is 13.2 Å². The first kappa shape index (κ1) is 19.7. The third-order valence-corrected chi connectivity index (χ3v) is 6.70. The molecule has 0 fully saturated rings. The first-order valence-corrected chi connectivity index (χ1v) is 10.8. The zero-order chi connectivity index (χ0) is 21.1. The Balaban J connectivity index is 1.53. The van der Waals surface area contributed by atoms with Crippen LogP contribution in [-0.2, 0) is 10.0 Å². The van der Waals surface area contributed by atoms with Gasteiger partial charge in [-0.2, -0.15) is 0 Å². The lowest BCUT2D eigenvalue weighted by Crippen LogP contribution is -2.26. The van der Waals surface area contributed by atoms with Gasteiger partial charge in [0.25, 0.3) is 15.9 Å². The number of carbonyl (C=O) groups excluding carboxylic acids is 1. The van der Waals surface area contributed by atoms with Crippen molar-refractivity contribution in [3.63, 3.8) is 0 Å². The van der Waals surface area contributed by atoms with Crippen molar-refractivity contribution in [2.24, 2.45) is 0 Å². The fraction of sp³-hybridized carbons (Fsp3) is 0.0417. The van der Waals surface area contributed by atoms with Gasteiger partial charge < -0.3 is 5.32 Å². The molecule has 1 amide bonds. The number of nitrogens with zero attached hydrogens (tertiary/aromatic N) is 1. The fourth-order valence-electron chi connectivity index (χ4n) is 3.18. The van der Waals surface area contributed by atoms with E-state index in [1.807, 2.05) is 48.5 Å². The summed E-state index contributed by atoms with van der Waals surface area (Å²) in [6.45, 7) is 0. The van der Waals surface area contributed by atoms with Crippen molar-refractivity contribution in [3.05, 3.63) is 103 Å². The van der Waals surface area contributed by atoms with Gasteiger partial charge in [0.2, 0.25) is 0 Å². The lowest BCUT2D eigenvalue weighted by molar-refractivity contribution is 0.102. The van der Waals surface area contributed by atoms with Crippen molar-refractivity contribution in [2.45, 2.75) is 4.90 Å². The summed E-state index contributed by atoms with van der Waals surface area (Å²) in [5, 5.41) is 4.98. The van der Waals surface area contributed by atoms with Crippen LogP contribution in [0, 0.1) is 0 Å². The number of rotatable bonds is 5. The Hall–Kier alpha value is -3.64. The molecule has 0 saturated heterocycles. The SMILES string of the molecule is CN(c1ccccc1)S(=O)(=O)c1ccc(C(=O)Nc2ccc3ccccc3c2)cc1. The summed E-state index contributed by atoms with van der Waals surface area (Å²) < 4.78 is 26.9. The molecule has 4 rings (SSSR count). The summed E-state index contributed by atoms with van der Waals surface area (Å²) in [6, 6.07) is 28.3. The van der Waals surface area contributed by atoms with Gasteiger partial charge in [0, 0.05) is 18.3 Å². The van der Waals surface area contributed by atoms with Crippen LogP contribution in [0.4, 0.5) is 11.4 Å². The zero-order valence-electron chi connectivity index (χ0n) is 16.3. The van der Waals surface area contributed by atoms with E-state index in [0.717, 1.165) is 10.8 Å². The number of anilines is 2. The summed E-state index contributed by atoms with van der Waals surface area (Å²) in [5.74, 6) is -0.300. The molecule has 0 radical (unpaired) electrons. The van der Waals surface area contributed by atoms with Crippen LogP contribution in [0.5, 0.6) is 0 Å². The number of carbonyl (C=O) groups is 1. The lowest BCUT2D eigenvalue weighted by atomic mass is 10.1. The maximum absolute atomic E-state index is 12.9. The summed E-state index contributed by atoms with van der Waals surface area (Å²) in [7, 11) is -2.21. The van der Waals surface area contributed by atoms with Crippen molar-refractivity contribution in [1.82, 2.24) is 0 Å². The number of para-hydroxylation sites is 1. The predicted molar refractivity (Wildman–Crippen MR) is 120 cm³/mol. The Kier molecular flexibility index (Phi) is 5.25. The van der Waals surface area contributed by atoms with Crippen molar-refractivity contribution in [3.8, 4) is 0 Å². The van der Waals surface area contributed by atoms with Gasteiger partial charge in [-0.25, -0.2) is 8.42 Å². The minimum Gasteiger partial charge on any atom is -0.322 e. The average molecular weight is 417 g/mol. The highest BCUT2D eigenvalue weighted by molar-refractivity contribution is 7.92. The van der Waals surface area contributed by atoms with Gasteiger partial charge in [0.05, 0.1) is 10.6 Å². The third kappa shape index (κ3) is 3.90. The molecule has 1 N–H and O–H groups in total. The van der Waals surface area contributed by atoms with Crippen LogP contribution in [-0.4, -0.2) is 21.4 Å². The maximum atomic E-state index is 12.9. The summed E-state index contributed by atoms with van der Waals surface area (Å²) in [4.78, 5) is 12.7. The highest BCUT2D eigenvalue weighted by Gasteiger charge is 2.21. The smallest absolute Gasteiger partial charge is 0.264 e. The molecular formula is C24H20N2O3S. The van der Waals surface area contributed by atoms with Crippen LogP contribution in [0.2, 0.25) is 0 Å². The standard InChI is InChI=1S/C24H20N2O3S/c1-26(22-9-3-2-4-10-22)30(28,29)23-15-12-19(13-16-23)24(27)25-21-14-11-18-7-5-6-8-20(18)17-21/h2-17H,1H3,(H,25,27). The first-order chi connectivity index (χ1) is 14.4. The minimum atomic E-state index is -3.72. The number of sulfonamides is 1. The molecule has 0 aliphatic carbocycles. The Bertz CT molecular complexity index is 1300. The van der Waals surface area contributed by atoms with Crippen molar-refractivity contribution >= 4 is 38.1 Å². The fourth-order valence-corrected chi connectivity index (χ4v) is 4.38. The van der Waals surface area contributed by atoms with E-state index < -0.39 is 10.0 Å². The first-order valence-electron chi connectivity index (χ1n) is 9.39. The van der Waals surface area contributed by atoms with Crippen LogP contribution in [0.15, 0.2) is 102 Å². The molecule has 0 saturated carbocycles. The largest absolute Gasteiger partial charge is 0.322 e. The van der Waals surface area contributed by atoms with Gasteiger partial charge in [-0.05, 0) is 59.3 Å². The van der Waals surface area contributed by atoms with Crippen LogP contribution in [0.25, 0.3) is 10.8 Å². The zero-order valence-corrected chi connectivity index (χ0v) is 17.1. The molecule has 0 heterocycles. The van der Waals surface area contributed by atoms with Gasteiger partial charge >= 0.3 is 0 Å². The van der Waals surface area contributed by atoms with Gasteiger partial charge in [0.1, 0.15) is 0 Å². The van der Waals surface area contributed by atoms with E-state index in [1.54, 1.807) is 24.3 Å². The molecule has 5 nitrogen and oxygen atoms in total. The molecule has 4 aromatic rings. The molecule has 4 aromatic carbocycles. The number of amides is 1. The Morgan fingerprint density at radius 3 is 2.10 bits per heavy atom. The number of fused-ring (bicyclic) bond motifs is 1. The van der Waals surface area contributed by atoms with E-state index in [9.17, 15) is 13.2 Å². The molecule has 30 heavy (non-hydrogen) atoms. The molecule has 0 unspecified atom stereocenters. The highest BCUT2D eigenvalue weighted by Crippen LogP contribution is 2.23. The molecule has 0 aliphatic rings. The van der Waals surface area contributed by atoms with Gasteiger partial charge in [-0.15, -0.1) is 0 Å². The van der Waals surface area contributed by atoms with Crippen molar-refractivity contribution in [2.75, 3.05) is 16.7 Å². The van der Waals surface area contributed by atoms with Gasteiger partial charge in [0.15, 0.2) is 0 Å². The Morgan fingerprint density at radius 2 is 1.40 bits per heavy atom. The summed E-state index contributed by atoms with van der Waals surface area (Å²) >= 11 is 0. The highest BCUT2D eigenvalue weighted by atomic mass is 32.2. The quantitative estimate of drug-likeness (QED) is 0.502. The second-order valence-electron chi connectivity index (χ2n) is 6.85. The number of hydrogen-bond donors (Lipinski definition) is 1. The van der Waals surface area contributed by atoms with E-state index in [0.29, 0.717) is 16.9 Å². The van der Waals surface area contributed by atoms with E-state index >= 15 is 0 Å². The maximum Gasteiger partial charge on any atom is 0.264 e. The summed E-state index contributed by atoms with van der Waals surface area (Å²) in [6.07, 6.45) is 0. The van der Waals surface area contributed by atoms with E-state index in [4.69, 9.17) is 0 Å². The number of hydrogen-bond acceptors (Lipinski definition) is 3. The summed E-state index contributed by atoms with van der Waals surface area (Å²) in [5.41, 5.74) is 1.62. The molecule has 0 aromatic heterocycles. The average Bonchev–Trinajstić information content (AvgIpc) is 2.79.